The molecule has 0 radical (unpaired) electrons. The monoisotopic (exact) mass is 176 g/mol. The fourth-order valence-corrected chi connectivity index (χ4v) is 1.57. The van der Waals surface area contributed by atoms with E-state index in [1.54, 1.807) is 4.68 Å². The van der Waals surface area contributed by atoms with Crippen LogP contribution in [-0.2, 0) is 7.05 Å². The largest absolute Gasteiger partial charge is 0.398 e. The van der Waals surface area contributed by atoms with E-state index in [1.807, 2.05) is 26.1 Å². The van der Waals surface area contributed by atoms with Crippen molar-refractivity contribution in [1.82, 2.24) is 9.78 Å². The first-order valence-electron chi connectivity index (χ1n) is 4.08. The SMILES string of the molecule is Cc1c(N)ccc2c1c(N)nn2C. The van der Waals surface area contributed by atoms with E-state index in [-0.39, 0.29) is 0 Å². The molecule has 0 aliphatic carbocycles. The van der Waals surface area contributed by atoms with E-state index >= 15 is 0 Å². The van der Waals surface area contributed by atoms with Gasteiger partial charge in [0.05, 0.1) is 5.52 Å². The molecule has 4 N–H and O–H groups in total. The lowest BCUT2D eigenvalue weighted by molar-refractivity contribution is 0.802. The van der Waals surface area contributed by atoms with Gasteiger partial charge in [-0.2, -0.15) is 5.10 Å². The Hall–Kier alpha value is -1.71. The van der Waals surface area contributed by atoms with Crippen molar-refractivity contribution in [2.45, 2.75) is 6.92 Å². The first-order valence-corrected chi connectivity index (χ1v) is 4.08. The Morgan fingerprint density at radius 3 is 2.69 bits per heavy atom. The quantitative estimate of drug-likeness (QED) is 0.589. The minimum Gasteiger partial charge on any atom is -0.398 e. The Balaban J connectivity index is 2.98. The van der Waals surface area contributed by atoms with E-state index in [2.05, 4.69) is 5.10 Å². The highest BCUT2D eigenvalue weighted by molar-refractivity contribution is 5.95. The Bertz CT molecular complexity index is 470. The standard InChI is InChI=1S/C9H12N4/c1-5-6(10)3-4-7-8(5)9(11)12-13(7)2/h3-4H,10H2,1-2H3,(H2,11,12). The van der Waals surface area contributed by atoms with Crippen LogP contribution in [0.2, 0.25) is 0 Å². The molecule has 0 aliphatic rings. The lowest BCUT2D eigenvalue weighted by Gasteiger charge is -2.01. The van der Waals surface area contributed by atoms with Crippen molar-refractivity contribution in [1.29, 1.82) is 0 Å². The van der Waals surface area contributed by atoms with Crippen LogP contribution >= 0.6 is 0 Å². The Kier molecular flexibility index (Phi) is 1.45. The zero-order valence-corrected chi connectivity index (χ0v) is 7.70. The highest BCUT2D eigenvalue weighted by Gasteiger charge is 2.09. The van der Waals surface area contributed by atoms with Gasteiger partial charge in [0, 0.05) is 18.1 Å². The molecule has 0 aliphatic heterocycles. The molecule has 4 heteroatoms. The maximum atomic E-state index is 5.77. The second-order valence-electron chi connectivity index (χ2n) is 3.18. The Morgan fingerprint density at radius 2 is 2.00 bits per heavy atom. The van der Waals surface area contributed by atoms with Crippen molar-refractivity contribution < 1.29 is 0 Å². The average molecular weight is 176 g/mol. The Labute approximate surface area is 76.1 Å². The van der Waals surface area contributed by atoms with Crippen molar-refractivity contribution in [3.8, 4) is 0 Å². The van der Waals surface area contributed by atoms with Crippen LogP contribution in [0.1, 0.15) is 5.56 Å². The van der Waals surface area contributed by atoms with Gasteiger partial charge in [-0.3, -0.25) is 4.68 Å². The maximum absolute atomic E-state index is 5.77. The van der Waals surface area contributed by atoms with Crippen LogP contribution in [0, 0.1) is 6.92 Å². The summed E-state index contributed by atoms with van der Waals surface area (Å²) >= 11 is 0. The van der Waals surface area contributed by atoms with E-state index in [0.29, 0.717) is 5.82 Å². The van der Waals surface area contributed by atoms with Gasteiger partial charge in [-0.25, -0.2) is 0 Å². The molecule has 0 unspecified atom stereocenters. The molecule has 0 spiro atoms. The normalized spacial score (nSPS) is 10.9. The number of aryl methyl sites for hydroxylation is 2. The van der Waals surface area contributed by atoms with E-state index in [0.717, 1.165) is 22.2 Å². The second kappa shape index (κ2) is 2.39. The zero-order chi connectivity index (χ0) is 9.59. The molecule has 2 rings (SSSR count). The third-order valence-corrected chi connectivity index (χ3v) is 2.35. The summed E-state index contributed by atoms with van der Waals surface area (Å²) in [5.74, 6) is 0.544. The number of anilines is 2. The third kappa shape index (κ3) is 0.950. The topological polar surface area (TPSA) is 69.9 Å². The highest BCUT2D eigenvalue weighted by atomic mass is 15.3. The van der Waals surface area contributed by atoms with Gasteiger partial charge in [0.25, 0.3) is 0 Å². The number of nitrogens with zero attached hydrogens (tertiary/aromatic N) is 2. The van der Waals surface area contributed by atoms with Crippen LogP contribution in [0.5, 0.6) is 0 Å². The van der Waals surface area contributed by atoms with Gasteiger partial charge in [0.15, 0.2) is 5.82 Å². The minimum absolute atomic E-state index is 0.544. The van der Waals surface area contributed by atoms with Gasteiger partial charge in [-0.05, 0) is 24.6 Å². The fourth-order valence-electron chi connectivity index (χ4n) is 1.57. The van der Waals surface area contributed by atoms with E-state index in [1.165, 1.54) is 0 Å². The lowest BCUT2D eigenvalue weighted by Crippen LogP contribution is -1.91. The van der Waals surface area contributed by atoms with Gasteiger partial charge in [-0.15, -0.1) is 0 Å². The van der Waals surface area contributed by atoms with Crippen molar-refractivity contribution >= 4 is 22.4 Å². The maximum Gasteiger partial charge on any atom is 0.153 e. The van der Waals surface area contributed by atoms with Crippen molar-refractivity contribution in [2.24, 2.45) is 7.05 Å². The number of fused-ring (bicyclic) bond motifs is 1. The summed E-state index contributed by atoms with van der Waals surface area (Å²) in [6.07, 6.45) is 0. The van der Waals surface area contributed by atoms with Gasteiger partial charge in [0.2, 0.25) is 0 Å². The average Bonchev–Trinajstić information content (AvgIpc) is 2.35. The summed E-state index contributed by atoms with van der Waals surface area (Å²) in [6.45, 7) is 1.95. The zero-order valence-electron chi connectivity index (χ0n) is 7.70. The van der Waals surface area contributed by atoms with Gasteiger partial charge in [-0.1, -0.05) is 0 Å². The summed E-state index contributed by atoms with van der Waals surface area (Å²) in [5.41, 5.74) is 14.3. The molecule has 0 saturated carbocycles. The van der Waals surface area contributed by atoms with Crippen LogP contribution in [0.4, 0.5) is 11.5 Å². The summed E-state index contributed by atoms with van der Waals surface area (Å²) in [7, 11) is 1.87. The first-order chi connectivity index (χ1) is 6.11. The van der Waals surface area contributed by atoms with Crippen LogP contribution in [0.3, 0.4) is 0 Å². The number of rotatable bonds is 0. The predicted octanol–water partition coefficient (Wildman–Crippen LogP) is 1.05. The molecule has 0 saturated heterocycles. The number of nitrogens with two attached hydrogens (primary N) is 2. The van der Waals surface area contributed by atoms with Crippen molar-refractivity contribution in [2.75, 3.05) is 11.5 Å². The molecule has 1 aromatic carbocycles. The third-order valence-electron chi connectivity index (χ3n) is 2.35. The molecule has 0 bridgehead atoms. The van der Waals surface area contributed by atoms with Crippen LogP contribution < -0.4 is 11.5 Å². The van der Waals surface area contributed by atoms with Gasteiger partial charge < -0.3 is 11.5 Å². The molecular formula is C9H12N4. The smallest absolute Gasteiger partial charge is 0.153 e. The van der Waals surface area contributed by atoms with Crippen LogP contribution in [0.25, 0.3) is 10.9 Å². The second-order valence-corrected chi connectivity index (χ2v) is 3.18. The molecule has 0 atom stereocenters. The van der Waals surface area contributed by atoms with Gasteiger partial charge in [0.1, 0.15) is 0 Å². The van der Waals surface area contributed by atoms with Crippen molar-refractivity contribution in [3.05, 3.63) is 17.7 Å². The molecule has 13 heavy (non-hydrogen) atoms. The van der Waals surface area contributed by atoms with Gasteiger partial charge >= 0.3 is 0 Å². The number of hydrogen-bond donors (Lipinski definition) is 2. The fraction of sp³-hybridized carbons (Fsp3) is 0.222. The molecule has 1 heterocycles. The van der Waals surface area contributed by atoms with E-state index in [9.17, 15) is 0 Å². The number of aromatic nitrogens is 2. The number of nitrogen functional groups attached to an aromatic ring is 2. The predicted molar refractivity (Wildman–Crippen MR) is 54.3 cm³/mol. The molecule has 4 nitrogen and oxygen atoms in total. The Morgan fingerprint density at radius 1 is 1.31 bits per heavy atom. The summed E-state index contributed by atoms with van der Waals surface area (Å²) in [6, 6.07) is 3.81. The summed E-state index contributed by atoms with van der Waals surface area (Å²) in [4.78, 5) is 0. The molecule has 68 valence electrons. The van der Waals surface area contributed by atoms with Crippen molar-refractivity contribution in [3.63, 3.8) is 0 Å². The van der Waals surface area contributed by atoms with Crippen LogP contribution in [-0.4, -0.2) is 9.78 Å². The van der Waals surface area contributed by atoms with Crippen LogP contribution in [0.15, 0.2) is 12.1 Å². The summed E-state index contributed by atoms with van der Waals surface area (Å²) in [5, 5.41) is 5.09. The van der Waals surface area contributed by atoms with E-state index in [4.69, 9.17) is 11.5 Å². The molecule has 0 amide bonds. The minimum atomic E-state index is 0.544. The molecule has 0 fully saturated rings. The highest BCUT2D eigenvalue weighted by Crippen LogP contribution is 2.27. The van der Waals surface area contributed by atoms with E-state index < -0.39 is 0 Å². The first kappa shape index (κ1) is 7.91. The molecule has 2 aromatic rings. The number of hydrogen-bond acceptors (Lipinski definition) is 3. The lowest BCUT2D eigenvalue weighted by atomic mass is 10.1. The molecular weight excluding hydrogens is 164 g/mol. The number of benzene rings is 1. The summed E-state index contributed by atoms with van der Waals surface area (Å²) < 4.78 is 1.76. The molecule has 1 aromatic heterocycles.